The number of anilines is 1. The van der Waals surface area contributed by atoms with Gasteiger partial charge in [-0.1, -0.05) is 11.6 Å². The molecule has 11 heavy (non-hydrogen) atoms. The summed E-state index contributed by atoms with van der Waals surface area (Å²) < 4.78 is 0.867. The van der Waals surface area contributed by atoms with Crippen LogP contribution in [0.4, 0.5) is 5.69 Å². The minimum absolute atomic E-state index is 0.347. The van der Waals surface area contributed by atoms with E-state index in [1.165, 1.54) is 0 Å². The molecule has 1 aromatic carbocycles. The maximum Gasteiger partial charge on any atom is 0.101 e. The SMILES string of the molecule is N#Cc1ccc(I)c(N)c1Cl. The summed E-state index contributed by atoms with van der Waals surface area (Å²) in [5, 5.41) is 8.89. The molecule has 0 aliphatic rings. The van der Waals surface area contributed by atoms with Gasteiger partial charge in [-0.25, -0.2) is 0 Å². The van der Waals surface area contributed by atoms with E-state index in [1.807, 2.05) is 6.07 Å². The molecule has 0 saturated heterocycles. The molecule has 0 atom stereocenters. The van der Waals surface area contributed by atoms with Crippen molar-refractivity contribution in [3.8, 4) is 6.07 Å². The van der Waals surface area contributed by atoms with Gasteiger partial charge < -0.3 is 5.73 Å². The third-order valence-corrected chi connectivity index (χ3v) is 2.59. The Morgan fingerprint density at radius 3 is 2.73 bits per heavy atom. The van der Waals surface area contributed by atoms with E-state index >= 15 is 0 Å². The van der Waals surface area contributed by atoms with Crippen LogP contribution in [0.1, 0.15) is 5.56 Å². The molecule has 0 aliphatic carbocycles. The highest BCUT2D eigenvalue weighted by molar-refractivity contribution is 14.1. The number of halogens is 2. The summed E-state index contributed by atoms with van der Waals surface area (Å²) in [4.78, 5) is 0. The first-order valence-corrected chi connectivity index (χ1v) is 4.26. The zero-order valence-corrected chi connectivity index (χ0v) is 8.35. The first kappa shape index (κ1) is 8.62. The van der Waals surface area contributed by atoms with Gasteiger partial charge in [0.15, 0.2) is 0 Å². The fraction of sp³-hybridized carbons (Fsp3) is 0. The van der Waals surface area contributed by atoms with Crippen molar-refractivity contribution in [3.63, 3.8) is 0 Å². The van der Waals surface area contributed by atoms with Crippen LogP contribution in [0, 0.1) is 14.9 Å². The van der Waals surface area contributed by atoms with Gasteiger partial charge in [-0.3, -0.25) is 0 Å². The highest BCUT2D eigenvalue weighted by Crippen LogP contribution is 2.27. The second kappa shape index (κ2) is 3.28. The van der Waals surface area contributed by atoms with E-state index in [0.29, 0.717) is 16.3 Å². The van der Waals surface area contributed by atoms with Crippen LogP contribution < -0.4 is 5.73 Å². The maximum absolute atomic E-state index is 8.54. The van der Waals surface area contributed by atoms with Crippen molar-refractivity contribution in [3.05, 3.63) is 26.3 Å². The average Bonchev–Trinajstić information content (AvgIpc) is 2.01. The Balaban J connectivity index is 3.40. The Labute approximate surface area is 83.1 Å². The predicted molar refractivity (Wildman–Crippen MR) is 53.3 cm³/mol. The molecule has 2 nitrogen and oxygen atoms in total. The smallest absolute Gasteiger partial charge is 0.101 e. The standard InChI is InChI=1S/C7H4ClIN2/c8-6-4(3-10)1-2-5(9)7(6)11/h1-2H,11H2. The molecule has 0 aliphatic heterocycles. The third-order valence-electron chi connectivity index (χ3n) is 1.25. The average molecular weight is 278 g/mol. The van der Waals surface area contributed by atoms with E-state index in [0.717, 1.165) is 3.57 Å². The molecule has 1 aromatic rings. The van der Waals surface area contributed by atoms with Gasteiger partial charge in [0.2, 0.25) is 0 Å². The molecule has 0 aromatic heterocycles. The second-order valence-electron chi connectivity index (χ2n) is 1.93. The summed E-state index contributed by atoms with van der Waals surface area (Å²) in [6.45, 7) is 0. The molecule has 0 amide bonds. The number of nitriles is 1. The lowest BCUT2D eigenvalue weighted by Gasteiger charge is -2.00. The van der Waals surface area contributed by atoms with Crippen LogP contribution in [0.25, 0.3) is 0 Å². The van der Waals surface area contributed by atoms with Crippen LogP contribution in [0.15, 0.2) is 12.1 Å². The highest BCUT2D eigenvalue weighted by Gasteiger charge is 2.05. The molecule has 0 radical (unpaired) electrons. The van der Waals surface area contributed by atoms with Crippen molar-refractivity contribution in [1.82, 2.24) is 0 Å². The molecule has 0 bridgehead atoms. The van der Waals surface area contributed by atoms with E-state index in [9.17, 15) is 0 Å². The van der Waals surface area contributed by atoms with Crippen molar-refractivity contribution in [1.29, 1.82) is 5.26 Å². The summed E-state index contributed by atoms with van der Waals surface area (Å²) >= 11 is 7.81. The molecule has 0 saturated carbocycles. The van der Waals surface area contributed by atoms with Crippen molar-refractivity contribution in [2.24, 2.45) is 0 Å². The molecule has 4 heteroatoms. The second-order valence-corrected chi connectivity index (χ2v) is 3.47. The lowest BCUT2D eigenvalue weighted by molar-refractivity contribution is 1.48. The predicted octanol–water partition coefficient (Wildman–Crippen LogP) is 2.40. The zero-order chi connectivity index (χ0) is 8.43. The van der Waals surface area contributed by atoms with Gasteiger partial charge in [-0.05, 0) is 34.7 Å². The van der Waals surface area contributed by atoms with Crippen LogP contribution in [0.2, 0.25) is 5.02 Å². The minimum atomic E-state index is 0.347. The number of nitrogens with two attached hydrogens (primary N) is 1. The minimum Gasteiger partial charge on any atom is -0.397 e. The lowest BCUT2D eigenvalue weighted by Crippen LogP contribution is -1.92. The molecule has 1 rings (SSSR count). The van der Waals surface area contributed by atoms with Crippen LogP contribution >= 0.6 is 34.2 Å². The topological polar surface area (TPSA) is 49.8 Å². The molecular formula is C7H4ClIN2. The molecule has 0 fully saturated rings. The Kier molecular flexibility index (Phi) is 2.58. The summed E-state index contributed by atoms with van der Waals surface area (Å²) in [5.74, 6) is 0. The van der Waals surface area contributed by atoms with Gasteiger partial charge >= 0.3 is 0 Å². The maximum atomic E-state index is 8.54. The van der Waals surface area contributed by atoms with E-state index in [4.69, 9.17) is 22.6 Å². The summed E-state index contributed by atoms with van der Waals surface area (Å²) in [7, 11) is 0. The fourth-order valence-corrected chi connectivity index (χ4v) is 1.47. The normalized spacial score (nSPS) is 9.18. The zero-order valence-electron chi connectivity index (χ0n) is 5.44. The number of hydrogen-bond acceptors (Lipinski definition) is 2. The molecule has 2 N–H and O–H groups in total. The highest BCUT2D eigenvalue weighted by atomic mass is 127. The summed E-state index contributed by atoms with van der Waals surface area (Å²) in [6, 6.07) is 5.37. The van der Waals surface area contributed by atoms with E-state index in [-0.39, 0.29) is 0 Å². The van der Waals surface area contributed by atoms with Crippen molar-refractivity contribution < 1.29 is 0 Å². The molecular weight excluding hydrogens is 274 g/mol. The largest absolute Gasteiger partial charge is 0.397 e. The Hall–Kier alpha value is -0.470. The van der Waals surface area contributed by atoms with Crippen molar-refractivity contribution in [2.75, 3.05) is 5.73 Å². The summed E-state index contributed by atoms with van der Waals surface area (Å²) in [6.07, 6.45) is 0. The fourth-order valence-electron chi connectivity index (χ4n) is 0.656. The van der Waals surface area contributed by atoms with E-state index in [2.05, 4.69) is 22.6 Å². The monoisotopic (exact) mass is 278 g/mol. The van der Waals surface area contributed by atoms with Crippen molar-refractivity contribution in [2.45, 2.75) is 0 Å². The number of nitrogen functional groups attached to an aromatic ring is 1. The number of nitrogens with zero attached hydrogens (tertiary/aromatic N) is 1. The summed E-state index contributed by atoms with van der Waals surface area (Å²) in [5.41, 5.74) is 6.47. The van der Waals surface area contributed by atoms with Crippen LogP contribution in [-0.4, -0.2) is 0 Å². The van der Waals surface area contributed by atoms with E-state index in [1.54, 1.807) is 12.1 Å². The Morgan fingerprint density at radius 2 is 2.18 bits per heavy atom. The quantitative estimate of drug-likeness (QED) is 0.585. The van der Waals surface area contributed by atoms with Crippen LogP contribution in [0.5, 0.6) is 0 Å². The Morgan fingerprint density at radius 1 is 1.55 bits per heavy atom. The molecule has 0 heterocycles. The van der Waals surface area contributed by atoms with Crippen LogP contribution in [0.3, 0.4) is 0 Å². The van der Waals surface area contributed by atoms with Gasteiger partial charge in [0.25, 0.3) is 0 Å². The number of hydrogen-bond donors (Lipinski definition) is 1. The van der Waals surface area contributed by atoms with Crippen LogP contribution in [-0.2, 0) is 0 Å². The molecule has 56 valence electrons. The molecule has 0 spiro atoms. The van der Waals surface area contributed by atoms with Gasteiger partial charge in [0, 0.05) is 3.57 Å². The van der Waals surface area contributed by atoms with Gasteiger partial charge in [0.05, 0.1) is 16.3 Å². The van der Waals surface area contributed by atoms with Gasteiger partial charge in [-0.2, -0.15) is 5.26 Å². The van der Waals surface area contributed by atoms with Crippen molar-refractivity contribution >= 4 is 39.9 Å². The third kappa shape index (κ3) is 1.57. The van der Waals surface area contributed by atoms with Gasteiger partial charge in [-0.15, -0.1) is 0 Å². The first-order chi connectivity index (χ1) is 5.16. The van der Waals surface area contributed by atoms with Gasteiger partial charge in [0.1, 0.15) is 6.07 Å². The lowest BCUT2D eigenvalue weighted by atomic mass is 10.2. The molecule has 0 unspecified atom stereocenters. The van der Waals surface area contributed by atoms with E-state index < -0.39 is 0 Å². The first-order valence-electron chi connectivity index (χ1n) is 2.80. The number of benzene rings is 1. The number of rotatable bonds is 0. The Bertz CT molecular complexity index is 330.